The SMILES string of the molecule is COC(=O)c1ccc(Nc2cnc(C(=O)Nc3cc(C)ccc3OC)cn2)cc1. The van der Waals surface area contributed by atoms with Gasteiger partial charge in [0.05, 0.1) is 37.9 Å². The lowest BCUT2D eigenvalue weighted by molar-refractivity contribution is 0.0600. The second-order valence-corrected chi connectivity index (χ2v) is 6.14. The van der Waals surface area contributed by atoms with E-state index in [1.807, 2.05) is 19.1 Å². The Balaban J connectivity index is 1.67. The molecule has 0 aliphatic carbocycles. The Morgan fingerprint density at radius 1 is 0.966 bits per heavy atom. The van der Waals surface area contributed by atoms with Crippen molar-refractivity contribution in [2.45, 2.75) is 6.92 Å². The normalized spacial score (nSPS) is 10.2. The second kappa shape index (κ2) is 8.83. The third-order valence-electron chi connectivity index (χ3n) is 4.07. The molecular weight excluding hydrogens is 372 g/mol. The standard InChI is InChI=1S/C21H20N4O4/c1-13-4-9-18(28-2)16(10-13)25-20(26)17-11-23-19(12-22-17)24-15-7-5-14(6-8-15)21(27)29-3/h4-12H,1-3H3,(H,23,24)(H,25,26). The number of benzene rings is 2. The summed E-state index contributed by atoms with van der Waals surface area (Å²) in [6.45, 7) is 1.92. The predicted octanol–water partition coefficient (Wildman–Crippen LogP) is 3.58. The molecule has 1 heterocycles. The van der Waals surface area contributed by atoms with Crippen LogP contribution in [-0.2, 0) is 4.74 Å². The van der Waals surface area contributed by atoms with Crippen LogP contribution >= 0.6 is 0 Å². The molecule has 8 nitrogen and oxygen atoms in total. The number of ether oxygens (including phenoxy) is 2. The first kappa shape index (κ1) is 19.8. The highest BCUT2D eigenvalue weighted by atomic mass is 16.5. The summed E-state index contributed by atoms with van der Waals surface area (Å²) < 4.78 is 9.93. The van der Waals surface area contributed by atoms with Crippen molar-refractivity contribution in [2.24, 2.45) is 0 Å². The zero-order chi connectivity index (χ0) is 20.8. The molecule has 0 atom stereocenters. The number of hydrogen-bond acceptors (Lipinski definition) is 7. The number of nitrogens with one attached hydrogen (secondary N) is 2. The van der Waals surface area contributed by atoms with E-state index < -0.39 is 11.9 Å². The minimum atomic E-state index is -0.406. The predicted molar refractivity (Wildman–Crippen MR) is 109 cm³/mol. The van der Waals surface area contributed by atoms with Crippen molar-refractivity contribution in [3.63, 3.8) is 0 Å². The molecule has 0 saturated heterocycles. The Morgan fingerprint density at radius 2 is 1.72 bits per heavy atom. The average Bonchev–Trinajstić information content (AvgIpc) is 2.74. The van der Waals surface area contributed by atoms with Crippen LogP contribution in [0.4, 0.5) is 17.2 Å². The highest BCUT2D eigenvalue weighted by Crippen LogP contribution is 2.25. The molecule has 29 heavy (non-hydrogen) atoms. The summed E-state index contributed by atoms with van der Waals surface area (Å²) in [7, 11) is 2.87. The molecule has 1 aromatic heterocycles. The number of carbonyl (C=O) groups excluding carboxylic acids is 2. The topological polar surface area (TPSA) is 102 Å². The Hall–Kier alpha value is -3.94. The van der Waals surface area contributed by atoms with Crippen LogP contribution in [0, 0.1) is 6.92 Å². The lowest BCUT2D eigenvalue weighted by Crippen LogP contribution is -2.15. The minimum absolute atomic E-state index is 0.167. The number of esters is 1. The van der Waals surface area contributed by atoms with Gasteiger partial charge in [0, 0.05) is 5.69 Å². The molecule has 2 aromatic carbocycles. The number of hydrogen-bond donors (Lipinski definition) is 2. The molecule has 3 aromatic rings. The van der Waals surface area contributed by atoms with Gasteiger partial charge in [0.2, 0.25) is 0 Å². The summed E-state index contributed by atoms with van der Waals surface area (Å²) in [5.74, 6) is 0.221. The summed E-state index contributed by atoms with van der Waals surface area (Å²) in [6.07, 6.45) is 2.83. The molecule has 148 valence electrons. The van der Waals surface area contributed by atoms with Crippen LogP contribution in [-0.4, -0.2) is 36.1 Å². The van der Waals surface area contributed by atoms with Crippen LogP contribution in [0.25, 0.3) is 0 Å². The van der Waals surface area contributed by atoms with Crippen molar-refractivity contribution in [2.75, 3.05) is 24.9 Å². The maximum Gasteiger partial charge on any atom is 0.337 e. The van der Waals surface area contributed by atoms with Gasteiger partial charge in [-0.3, -0.25) is 4.79 Å². The number of methoxy groups -OCH3 is 2. The van der Waals surface area contributed by atoms with Gasteiger partial charge in [-0.05, 0) is 48.9 Å². The fourth-order valence-electron chi connectivity index (χ4n) is 2.57. The first-order valence-electron chi connectivity index (χ1n) is 8.73. The maximum absolute atomic E-state index is 12.5. The Labute approximate surface area is 167 Å². The van der Waals surface area contributed by atoms with Gasteiger partial charge in [-0.15, -0.1) is 0 Å². The van der Waals surface area contributed by atoms with E-state index in [0.717, 1.165) is 5.56 Å². The molecule has 3 rings (SSSR count). The lowest BCUT2D eigenvalue weighted by Gasteiger charge is -2.11. The summed E-state index contributed by atoms with van der Waals surface area (Å²) in [5.41, 5.74) is 2.88. The van der Waals surface area contributed by atoms with E-state index in [1.165, 1.54) is 26.6 Å². The Bertz CT molecular complexity index is 1020. The molecule has 0 aliphatic rings. The van der Waals surface area contributed by atoms with Crippen molar-refractivity contribution in [1.29, 1.82) is 0 Å². The van der Waals surface area contributed by atoms with E-state index in [9.17, 15) is 9.59 Å². The monoisotopic (exact) mass is 392 g/mol. The second-order valence-electron chi connectivity index (χ2n) is 6.14. The van der Waals surface area contributed by atoms with E-state index in [2.05, 4.69) is 25.3 Å². The van der Waals surface area contributed by atoms with Crippen LogP contribution in [0.1, 0.15) is 26.4 Å². The first-order valence-corrected chi connectivity index (χ1v) is 8.73. The maximum atomic E-state index is 12.5. The Morgan fingerprint density at radius 3 is 2.34 bits per heavy atom. The number of nitrogens with zero attached hydrogens (tertiary/aromatic N) is 2. The van der Waals surface area contributed by atoms with Crippen LogP contribution in [0.15, 0.2) is 54.9 Å². The van der Waals surface area contributed by atoms with Gasteiger partial charge in [-0.25, -0.2) is 14.8 Å². The molecule has 0 radical (unpaired) electrons. The summed E-state index contributed by atoms with van der Waals surface area (Å²) in [5, 5.41) is 5.83. The molecule has 0 fully saturated rings. The molecule has 0 saturated carbocycles. The van der Waals surface area contributed by atoms with Crippen LogP contribution in [0.3, 0.4) is 0 Å². The summed E-state index contributed by atoms with van der Waals surface area (Å²) >= 11 is 0. The van der Waals surface area contributed by atoms with Crippen molar-refractivity contribution in [3.05, 3.63) is 71.7 Å². The summed E-state index contributed by atoms with van der Waals surface area (Å²) in [6, 6.07) is 12.2. The molecule has 0 aliphatic heterocycles. The van der Waals surface area contributed by atoms with E-state index in [0.29, 0.717) is 28.5 Å². The van der Waals surface area contributed by atoms with Crippen molar-refractivity contribution in [1.82, 2.24) is 9.97 Å². The van der Waals surface area contributed by atoms with Gasteiger partial charge < -0.3 is 20.1 Å². The van der Waals surface area contributed by atoms with Crippen molar-refractivity contribution in [3.8, 4) is 5.75 Å². The molecular formula is C21H20N4O4. The molecule has 0 spiro atoms. The highest BCUT2D eigenvalue weighted by Gasteiger charge is 2.12. The zero-order valence-corrected chi connectivity index (χ0v) is 16.2. The van der Waals surface area contributed by atoms with Crippen molar-refractivity contribution < 1.29 is 19.1 Å². The van der Waals surface area contributed by atoms with E-state index in [4.69, 9.17) is 4.74 Å². The summed E-state index contributed by atoms with van der Waals surface area (Å²) in [4.78, 5) is 32.3. The molecule has 8 heteroatoms. The van der Waals surface area contributed by atoms with Gasteiger partial charge >= 0.3 is 5.97 Å². The first-order chi connectivity index (χ1) is 14.0. The van der Waals surface area contributed by atoms with Crippen LogP contribution < -0.4 is 15.4 Å². The van der Waals surface area contributed by atoms with Gasteiger partial charge in [0.15, 0.2) is 0 Å². The van der Waals surface area contributed by atoms with E-state index >= 15 is 0 Å². The smallest absolute Gasteiger partial charge is 0.337 e. The number of carbonyl (C=O) groups is 2. The molecule has 2 N–H and O–H groups in total. The minimum Gasteiger partial charge on any atom is -0.495 e. The van der Waals surface area contributed by atoms with E-state index in [1.54, 1.807) is 30.3 Å². The molecule has 1 amide bonds. The highest BCUT2D eigenvalue weighted by molar-refractivity contribution is 6.03. The third kappa shape index (κ3) is 4.86. The zero-order valence-electron chi connectivity index (χ0n) is 16.2. The number of amides is 1. The number of anilines is 3. The van der Waals surface area contributed by atoms with Gasteiger partial charge in [0.25, 0.3) is 5.91 Å². The quantitative estimate of drug-likeness (QED) is 0.618. The van der Waals surface area contributed by atoms with Gasteiger partial charge in [-0.2, -0.15) is 0 Å². The average molecular weight is 392 g/mol. The third-order valence-corrected chi connectivity index (χ3v) is 4.07. The van der Waals surface area contributed by atoms with Crippen LogP contribution in [0.5, 0.6) is 5.75 Å². The molecule has 0 bridgehead atoms. The van der Waals surface area contributed by atoms with Gasteiger partial charge in [-0.1, -0.05) is 6.07 Å². The number of aromatic nitrogens is 2. The van der Waals surface area contributed by atoms with E-state index in [-0.39, 0.29) is 5.69 Å². The van der Waals surface area contributed by atoms with Gasteiger partial charge in [0.1, 0.15) is 17.3 Å². The van der Waals surface area contributed by atoms with Crippen molar-refractivity contribution >= 4 is 29.1 Å². The lowest BCUT2D eigenvalue weighted by atomic mass is 10.2. The number of rotatable bonds is 6. The Kier molecular flexibility index (Phi) is 6.03. The fourth-order valence-corrected chi connectivity index (χ4v) is 2.57. The molecule has 0 unspecified atom stereocenters. The number of aryl methyl sites for hydroxylation is 1. The van der Waals surface area contributed by atoms with Crippen LogP contribution in [0.2, 0.25) is 0 Å². The fraction of sp³-hybridized carbons (Fsp3) is 0.143. The largest absolute Gasteiger partial charge is 0.495 e.